The van der Waals surface area contributed by atoms with Gasteiger partial charge in [-0.25, -0.2) is 9.37 Å². The summed E-state index contributed by atoms with van der Waals surface area (Å²) in [6.07, 6.45) is 6.14. The number of halogens is 1. The van der Waals surface area contributed by atoms with E-state index >= 15 is 0 Å². The number of rotatable bonds is 10. The van der Waals surface area contributed by atoms with Crippen LogP contribution in [0.1, 0.15) is 10.4 Å². The van der Waals surface area contributed by atoms with Crippen LogP contribution in [0.4, 0.5) is 10.2 Å². The number of nitrogens with one attached hydrogen (secondary N) is 1. The average molecular weight is 571 g/mol. The van der Waals surface area contributed by atoms with Gasteiger partial charge in [0, 0.05) is 49.3 Å². The number of methoxy groups -OCH3 is 3. The number of fused-ring (bicyclic) bond motifs is 1. The lowest BCUT2D eigenvalue weighted by molar-refractivity contribution is 0.102. The normalized spacial score (nSPS) is 10.9. The van der Waals surface area contributed by atoms with E-state index in [-0.39, 0.29) is 16.9 Å². The quantitative estimate of drug-likeness (QED) is 0.241. The third-order valence-electron chi connectivity index (χ3n) is 6.45. The monoisotopic (exact) mass is 570 g/mol. The molecule has 10 nitrogen and oxygen atoms in total. The Morgan fingerprint density at radius 3 is 2.38 bits per heavy atom. The first kappa shape index (κ1) is 28.2. The summed E-state index contributed by atoms with van der Waals surface area (Å²) >= 11 is 0. The maximum atomic E-state index is 13.5. The molecule has 0 saturated heterocycles. The summed E-state index contributed by atoms with van der Waals surface area (Å²) in [7, 11) is 4.65. The smallest absolute Gasteiger partial charge is 0.262 e. The van der Waals surface area contributed by atoms with Crippen molar-refractivity contribution in [3.05, 3.63) is 101 Å². The molecular formula is C31H27FN4O6. The number of nitrogens with zero attached hydrogens (tertiary/aromatic N) is 3. The van der Waals surface area contributed by atoms with Crippen LogP contribution in [0.5, 0.6) is 23.0 Å². The van der Waals surface area contributed by atoms with Crippen LogP contribution in [-0.2, 0) is 11.3 Å². The third-order valence-corrected chi connectivity index (χ3v) is 6.45. The van der Waals surface area contributed by atoms with Gasteiger partial charge < -0.3 is 28.8 Å². The molecule has 2 aromatic carbocycles. The van der Waals surface area contributed by atoms with Crippen LogP contribution in [0.2, 0.25) is 0 Å². The molecule has 5 aromatic rings. The standard InChI is InChI=1S/C31H27FN4O6/c1-39-13-12-36-17-23(19-4-6-20(32)7-5-19)30(37)24(18-36)31(38)35-29-9-8-21(16-34-29)42-26-10-11-33-25-15-28(41-3)27(40-2)14-22(25)26/h4-11,14-18H,12-13H2,1-3H3,(H,34,35,38). The summed E-state index contributed by atoms with van der Waals surface area (Å²) in [4.78, 5) is 35.2. The molecule has 3 heterocycles. The molecule has 1 amide bonds. The number of ether oxygens (including phenoxy) is 4. The van der Waals surface area contributed by atoms with Gasteiger partial charge >= 0.3 is 0 Å². The zero-order chi connectivity index (χ0) is 29.6. The van der Waals surface area contributed by atoms with Gasteiger partial charge in [0.15, 0.2) is 11.5 Å². The molecule has 0 unspecified atom stereocenters. The van der Waals surface area contributed by atoms with E-state index in [2.05, 4.69) is 15.3 Å². The molecule has 11 heteroatoms. The number of anilines is 1. The fourth-order valence-electron chi connectivity index (χ4n) is 4.32. The highest BCUT2D eigenvalue weighted by atomic mass is 19.1. The van der Waals surface area contributed by atoms with Crippen molar-refractivity contribution < 1.29 is 28.1 Å². The topological polar surface area (TPSA) is 114 Å². The average Bonchev–Trinajstić information content (AvgIpc) is 3.01. The second-order valence-electron chi connectivity index (χ2n) is 9.12. The van der Waals surface area contributed by atoms with Crippen molar-refractivity contribution in [1.29, 1.82) is 0 Å². The van der Waals surface area contributed by atoms with E-state index in [1.54, 1.807) is 68.6 Å². The number of amides is 1. The Bertz CT molecular complexity index is 1790. The van der Waals surface area contributed by atoms with Crippen molar-refractivity contribution in [2.45, 2.75) is 6.54 Å². The Morgan fingerprint density at radius 1 is 0.929 bits per heavy atom. The lowest BCUT2D eigenvalue weighted by atomic mass is 10.0. The van der Waals surface area contributed by atoms with Crippen molar-refractivity contribution >= 4 is 22.6 Å². The summed E-state index contributed by atoms with van der Waals surface area (Å²) < 4.78 is 37.1. The molecule has 0 atom stereocenters. The maximum Gasteiger partial charge on any atom is 0.262 e. The van der Waals surface area contributed by atoms with Crippen LogP contribution in [0.3, 0.4) is 0 Å². The fraction of sp³-hybridized carbons (Fsp3) is 0.161. The van der Waals surface area contributed by atoms with Gasteiger partial charge in [-0.1, -0.05) is 12.1 Å². The third kappa shape index (κ3) is 6.06. The predicted octanol–water partition coefficient (Wildman–Crippen LogP) is 5.31. The Balaban J connectivity index is 1.38. The molecule has 0 fully saturated rings. The highest BCUT2D eigenvalue weighted by Crippen LogP contribution is 2.36. The van der Waals surface area contributed by atoms with Crippen molar-refractivity contribution in [1.82, 2.24) is 14.5 Å². The van der Waals surface area contributed by atoms with Crippen molar-refractivity contribution in [2.75, 3.05) is 33.3 Å². The zero-order valence-corrected chi connectivity index (χ0v) is 23.1. The van der Waals surface area contributed by atoms with Crippen LogP contribution in [0, 0.1) is 5.82 Å². The SMILES string of the molecule is COCCn1cc(C(=O)Nc2ccc(Oc3ccnc4cc(OC)c(OC)cc34)cn2)c(=O)c(-c2ccc(F)cc2)c1. The van der Waals surface area contributed by atoms with E-state index in [0.29, 0.717) is 52.6 Å². The van der Waals surface area contributed by atoms with Gasteiger partial charge in [-0.3, -0.25) is 14.6 Å². The molecule has 214 valence electrons. The lowest BCUT2D eigenvalue weighted by Gasteiger charge is -2.13. The summed E-state index contributed by atoms with van der Waals surface area (Å²) in [5.74, 6) is 1.16. The minimum atomic E-state index is -0.641. The molecule has 5 rings (SSSR count). The van der Waals surface area contributed by atoms with Gasteiger partial charge in [0.2, 0.25) is 5.43 Å². The van der Waals surface area contributed by atoms with E-state index in [1.165, 1.54) is 36.7 Å². The Hall–Kier alpha value is -5.29. The molecule has 0 aliphatic carbocycles. The van der Waals surface area contributed by atoms with Crippen LogP contribution >= 0.6 is 0 Å². The van der Waals surface area contributed by atoms with Crippen molar-refractivity contribution in [3.63, 3.8) is 0 Å². The van der Waals surface area contributed by atoms with Crippen LogP contribution in [-0.4, -0.2) is 48.4 Å². The van der Waals surface area contributed by atoms with Crippen LogP contribution in [0.25, 0.3) is 22.0 Å². The highest BCUT2D eigenvalue weighted by molar-refractivity contribution is 6.04. The summed E-state index contributed by atoms with van der Waals surface area (Å²) in [5.41, 5.74) is 0.809. The van der Waals surface area contributed by atoms with E-state index in [0.717, 1.165) is 0 Å². The number of carbonyl (C=O) groups excluding carboxylic acids is 1. The number of pyridine rings is 3. The summed E-state index contributed by atoms with van der Waals surface area (Å²) in [5, 5.41) is 3.37. The molecule has 0 aliphatic heterocycles. The first-order valence-electron chi connectivity index (χ1n) is 12.8. The molecule has 0 saturated carbocycles. The number of hydrogen-bond donors (Lipinski definition) is 1. The second kappa shape index (κ2) is 12.5. The van der Waals surface area contributed by atoms with Gasteiger partial charge in [0.1, 0.15) is 28.7 Å². The molecule has 0 bridgehead atoms. The number of carbonyl (C=O) groups is 1. The predicted molar refractivity (Wildman–Crippen MR) is 155 cm³/mol. The highest BCUT2D eigenvalue weighted by Gasteiger charge is 2.18. The molecular weight excluding hydrogens is 543 g/mol. The van der Waals surface area contributed by atoms with Gasteiger partial charge in [0.05, 0.1) is 32.5 Å². The van der Waals surface area contributed by atoms with Crippen LogP contribution < -0.4 is 25.0 Å². The first-order valence-corrected chi connectivity index (χ1v) is 12.8. The van der Waals surface area contributed by atoms with Gasteiger partial charge in [-0.2, -0.15) is 0 Å². The molecule has 0 spiro atoms. The van der Waals surface area contributed by atoms with Gasteiger partial charge in [-0.15, -0.1) is 0 Å². The summed E-state index contributed by atoms with van der Waals surface area (Å²) in [6.45, 7) is 0.765. The molecule has 42 heavy (non-hydrogen) atoms. The van der Waals surface area contributed by atoms with Crippen LogP contribution in [0.15, 0.2) is 84.2 Å². The Kier molecular flexibility index (Phi) is 8.39. The zero-order valence-electron chi connectivity index (χ0n) is 23.1. The lowest BCUT2D eigenvalue weighted by Crippen LogP contribution is -2.25. The molecule has 3 aromatic heterocycles. The second-order valence-corrected chi connectivity index (χ2v) is 9.12. The maximum absolute atomic E-state index is 13.5. The number of hydrogen-bond acceptors (Lipinski definition) is 8. The minimum Gasteiger partial charge on any atom is -0.493 e. The first-order chi connectivity index (χ1) is 20.4. The molecule has 0 aliphatic rings. The van der Waals surface area contributed by atoms with Crippen molar-refractivity contribution in [3.8, 4) is 34.1 Å². The number of benzene rings is 2. The number of aromatic nitrogens is 3. The minimum absolute atomic E-state index is 0.0947. The van der Waals surface area contributed by atoms with Gasteiger partial charge in [-0.05, 0) is 42.0 Å². The van der Waals surface area contributed by atoms with E-state index in [1.807, 2.05) is 0 Å². The summed E-state index contributed by atoms with van der Waals surface area (Å²) in [6, 6.07) is 14.0. The molecule has 0 radical (unpaired) electrons. The molecule has 1 N–H and O–H groups in total. The van der Waals surface area contributed by atoms with E-state index in [4.69, 9.17) is 18.9 Å². The Morgan fingerprint density at radius 2 is 1.69 bits per heavy atom. The largest absolute Gasteiger partial charge is 0.493 e. The fourth-order valence-corrected chi connectivity index (χ4v) is 4.32. The van der Waals surface area contributed by atoms with E-state index < -0.39 is 17.2 Å². The Labute approximate surface area is 240 Å². The van der Waals surface area contributed by atoms with Crippen molar-refractivity contribution in [2.24, 2.45) is 0 Å². The van der Waals surface area contributed by atoms with Gasteiger partial charge in [0.25, 0.3) is 5.91 Å². The van der Waals surface area contributed by atoms with E-state index in [9.17, 15) is 14.0 Å².